The smallest absolute Gasteiger partial charge is 0.282 e. The third kappa shape index (κ3) is 2.76. The van der Waals surface area contributed by atoms with Crippen LogP contribution in [0.3, 0.4) is 0 Å². The Morgan fingerprint density at radius 2 is 2.12 bits per heavy atom. The van der Waals surface area contributed by atoms with E-state index in [4.69, 9.17) is 0 Å². The Bertz CT molecular complexity index is 927. The minimum atomic E-state index is -2.67. The summed E-state index contributed by atoms with van der Waals surface area (Å²) in [5, 5.41) is 9.98. The molecule has 2 aromatic rings. The molecule has 0 aliphatic carbocycles. The van der Waals surface area contributed by atoms with Crippen LogP contribution in [-0.2, 0) is 6.54 Å². The zero-order valence-corrected chi connectivity index (χ0v) is 13.9. The molecule has 6 nitrogen and oxygen atoms in total. The normalized spacial score (nSPS) is 18.2. The summed E-state index contributed by atoms with van der Waals surface area (Å²) >= 11 is 1.48. The standard InChI is InChI=1S/C16H13F2N5OS/c17-16(18)8-22(9-16)12-3-2-10(7-20-12)13-11(6-19)14(24)23-4-1-5-25-15(23)21-13/h2-3,7H,1,4-5,8-9H2. The SMILES string of the molecule is N#Cc1c(-c2ccc(N3CC(F)(F)C3)nc2)nc2n(c1=O)CCCS2. The molecule has 4 heterocycles. The van der Waals surface area contributed by atoms with Crippen LogP contribution in [0.1, 0.15) is 12.0 Å². The molecule has 0 radical (unpaired) electrons. The molecule has 0 amide bonds. The highest BCUT2D eigenvalue weighted by atomic mass is 32.2. The monoisotopic (exact) mass is 361 g/mol. The van der Waals surface area contributed by atoms with Gasteiger partial charge in [0, 0.05) is 24.1 Å². The van der Waals surface area contributed by atoms with Gasteiger partial charge in [-0.25, -0.2) is 18.7 Å². The largest absolute Gasteiger partial charge is 0.344 e. The van der Waals surface area contributed by atoms with Crippen LogP contribution in [0.2, 0.25) is 0 Å². The van der Waals surface area contributed by atoms with Crippen molar-refractivity contribution in [3.63, 3.8) is 0 Å². The maximum Gasteiger partial charge on any atom is 0.282 e. The second-order valence-electron chi connectivity index (χ2n) is 6.01. The number of anilines is 1. The zero-order valence-electron chi connectivity index (χ0n) is 13.1. The van der Waals surface area contributed by atoms with Gasteiger partial charge >= 0.3 is 0 Å². The average Bonchev–Trinajstić information content (AvgIpc) is 2.60. The van der Waals surface area contributed by atoms with E-state index < -0.39 is 5.92 Å². The molecule has 0 aromatic carbocycles. The molecule has 25 heavy (non-hydrogen) atoms. The maximum atomic E-state index is 13.0. The van der Waals surface area contributed by atoms with Crippen molar-refractivity contribution < 1.29 is 8.78 Å². The Morgan fingerprint density at radius 1 is 1.32 bits per heavy atom. The fraction of sp³-hybridized carbons (Fsp3) is 0.375. The topological polar surface area (TPSA) is 74.8 Å². The van der Waals surface area contributed by atoms with E-state index >= 15 is 0 Å². The maximum absolute atomic E-state index is 13.0. The van der Waals surface area contributed by atoms with E-state index in [1.807, 2.05) is 6.07 Å². The number of hydrogen-bond acceptors (Lipinski definition) is 6. The van der Waals surface area contributed by atoms with Gasteiger partial charge in [0.05, 0.1) is 18.8 Å². The fourth-order valence-electron chi connectivity index (χ4n) is 2.93. The van der Waals surface area contributed by atoms with Gasteiger partial charge < -0.3 is 4.90 Å². The first-order valence-corrected chi connectivity index (χ1v) is 8.74. The lowest BCUT2D eigenvalue weighted by Crippen LogP contribution is -2.56. The highest BCUT2D eigenvalue weighted by Crippen LogP contribution is 2.32. The molecule has 2 aliphatic heterocycles. The third-order valence-corrected chi connectivity index (χ3v) is 5.26. The molecule has 1 saturated heterocycles. The van der Waals surface area contributed by atoms with Crippen LogP contribution in [0.25, 0.3) is 11.3 Å². The summed E-state index contributed by atoms with van der Waals surface area (Å²) in [5.74, 6) is -1.35. The minimum absolute atomic E-state index is 0.0173. The molecule has 2 aromatic heterocycles. The molecule has 0 bridgehead atoms. The van der Waals surface area contributed by atoms with Crippen LogP contribution >= 0.6 is 11.8 Å². The molecule has 0 N–H and O–H groups in total. The van der Waals surface area contributed by atoms with Crippen molar-refractivity contribution in [1.29, 1.82) is 5.26 Å². The quantitative estimate of drug-likeness (QED) is 0.763. The van der Waals surface area contributed by atoms with Crippen LogP contribution in [0.4, 0.5) is 14.6 Å². The van der Waals surface area contributed by atoms with E-state index in [-0.39, 0.29) is 24.2 Å². The number of pyridine rings is 1. The van der Waals surface area contributed by atoms with Crippen LogP contribution in [0.5, 0.6) is 0 Å². The molecule has 9 heteroatoms. The number of nitriles is 1. The Kier molecular flexibility index (Phi) is 3.72. The minimum Gasteiger partial charge on any atom is -0.344 e. The van der Waals surface area contributed by atoms with E-state index in [2.05, 4.69) is 9.97 Å². The lowest BCUT2D eigenvalue weighted by Gasteiger charge is -2.39. The number of fused-ring (bicyclic) bond motifs is 1. The van der Waals surface area contributed by atoms with Gasteiger partial charge in [0.2, 0.25) is 0 Å². The molecule has 0 atom stereocenters. The molecule has 0 unspecified atom stereocenters. The van der Waals surface area contributed by atoms with Crippen LogP contribution in [0, 0.1) is 11.3 Å². The number of nitrogens with zero attached hydrogens (tertiary/aromatic N) is 5. The van der Waals surface area contributed by atoms with Gasteiger partial charge in [-0.05, 0) is 18.6 Å². The molecule has 4 rings (SSSR count). The van der Waals surface area contributed by atoms with Crippen molar-refractivity contribution in [2.45, 2.75) is 24.0 Å². The van der Waals surface area contributed by atoms with E-state index in [9.17, 15) is 18.8 Å². The average molecular weight is 361 g/mol. The number of halogens is 2. The highest BCUT2D eigenvalue weighted by Gasteiger charge is 2.44. The number of thioether (sulfide) groups is 1. The molecule has 0 saturated carbocycles. The Hall–Kier alpha value is -2.47. The van der Waals surface area contributed by atoms with Gasteiger partial charge in [0.25, 0.3) is 11.5 Å². The first kappa shape index (κ1) is 16.0. The lowest BCUT2D eigenvalue weighted by atomic mass is 10.1. The highest BCUT2D eigenvalue weighted by molar-refractivity contribution is 7.99. The van der Waals surface area contributed by atoms with Gasteiger partial charge in [-0.3, -0.25) is 9.36 Å². The van der Waals surface area contributed by atoms with Gasteiger partial charge in [-0.15, -0.1) is 0 Å². The van der Waals surface area contributed by atoms with E-state index in [0.29, 0.717) is 28.8 Å². The molecular formula is C16H13F2N5OS. The van der Waals surface area contributed by atoms with Crippen molar-refractivity contribution in [2.75, 3.05) is 23.7 Å². The van der Waals surface area contributed by atoms with Crippen LogP contribution < -0.4 is 10.5 Å². The summed E-state index contributed by atoms with van der Waals surface area (Å²) in [6.45, 7) is -0.140. The second-order valence-corrected chi connectivity index (χ2v) is 7.07. The van der Waals surface area contributed by atoms with E-state index in [1.54, 1.807) is 12.1 Å². The Labute approximate surface area is 146 Å². The van der Waals surface area contributed by atoms with Crippen LogP contribution in [-0.4, -0.2) is 39.3 Å². The summed E-state index contributed by atoms with van der Waals surface area (Å²) in [5.41, 5.74) is 0.456. The van der Waals surface area contributed by atoms with Gasteiger partial charge in [0.1, 0.15) is 17.5 Å². The number of alkyl halides is 2. The number of rotatable bonds is 2. The van der Waals surface area contributed by atoms with Gasteiger partial charge in [0.15, 0.2) is 5.16 Å². The third-order valence-electron chi connectivity index (χ3n) is 4.19. The van der Waals surface area contributed by atoms with Crippen molar-refractivity contribution in [3.8, 4) is 17.3 Å². The first-order valence-electron chi connectivity index (χ1n) is 7.75. The second kappa shape index (κ2) is 5.81. The summed E-state index contributed by atoms with van der Waals surface area (Å²) < 4.78 is 27.5. The van der Waals surface area contributed by atoms with E-state index in [1.165, 1.54) is 27.4 Å². The van der Waals surface area contributed by atoms with Crippen LogP contribution in [0.15, 0.2) is 28.3 Å². The molecular weight excluding hydrogens is 348 g/mol. The molecule has 1 fully saturated rings. The number of hydrogen-bond donors (Lipinski definition) is 0. The number of aromatic nitrogens is 3. The Balaban J connectivity index is 1.71. The van der Waals surface area contributed by atoms with Crippen molar-refractivity contribution in [3.05, 3.63) is 34.2 Å². The summed E-state index contributed by atoms with van der Waals surface area (Å²) in [6, 6.07) is 5.21. The predicted octanol–water partition coefficient (Wildman–Crippen LogP) is 2.13. The molecule has 128 valence electrons. The zero-order chi connectivity index (χ0) is 17.6. The van der Waals surface area contributed by atoms with Gasteiger partial charge in [-0.1, -0.05) is 11.8 Å². The Morgan fingerprint density at radius 3 is 2.76 bits per heavy atom. The van der Waals surface area contributed by atoms with Crippen molar-refractivity contribution in [2.24, 2.45) is 0 Å². The first-order chi connectivity index (χ1) is 12.0. The van der Waals surface area contributed by atoms with E-state index in [0.717, 1.165) is 12.2 Å². The van der Waals surface area contributed by atoms with Gasteiger partial charge in [-0.2, -0.15) is 5.26 Å². The lowest BCUT2D eigenvalue weighted by molar-refractivity contribution is -0.0266. The fourth-order valence-corrected chi connectivity index (χ4v) is 3.87. The summed E-state index contributed by atoms with van der Waals surface area (Å²) in [6.07, 6.45) is 2.33. The van der Waals surface area contributed by atoms with Crippen molar-refractivity contribution in [1.82, 2.24) is 14.5 Å². The van der Waals surface area contributed by atoms with Crippen molar-refractivity contribution >= 4 is 17.6 Å². The molecule has 2 aliphatic rings. The summed E-state index contributed by atoms with van der Waals surface area (Å²) in [7, 11) is 0. The summed E-state index contributed by atoms with van der Waals surface area (Å²) in [4.78, 5) is 22.7. The predicted molar refractivity (Wildman–Crippen MR) is 88.9 cm³/mol. The molecule has 0 spiro atoms.